The van der Waals surface area contributed by atoms with Gasteiger partial charge in [0.05, 0.1) is 0 Å². The molecule has 0 spiro atoms. The van der Waals surface area contributed by atoms with Gasteiger partial charge in [0.2, 0.25) is 0 Å². The summed E-state index contributed by atoms with van der Waals surface area (Å²) in [5.74, 6) is -1.71. The van der Waals surface area contributed by atoms with Crippen LogP contribution in [0.5, 0.6) is 0 Å². The van der Waals surface area contributed by atoms with Crippen LogP contribution in [0.3, 0.4) is 0 Å². The number of rotatable bonds is 5. The smallest absolute Gasteiger partial charge is 0.326 e. The molecule has 1 aromatic rings. The first-order valence-corrected chi connectivity index (χ1v) is 5.46. The summed E-state index contributed by atoms with van der Waals surface area (Å²) in [7, 11) is 0. The van der Waals surface area contributed by atoms with Gasteiger partial charge in [-0.05, 0) is 24.6 Å². The summed E-state index contributed by atoms with van der Waals surface area (Å²) in [5, 5.41) is 19.9. The molecule has 0 saturated heterocycles. The molecule has 1 amide bonds. The third-order valence-electron chi connectivity index (χ3n) is 2.56. The van der Waals surface area contributed by atoms with Gasteiger partial charge < -0.3 is 21.3 Å². The highest BCUT2D eigenvalue weighted by Crippen LogP contribution is 2.13. The van der Waals surface area contributed by atoms with Crippen molar-refractivity contribution in [1.29, 1.82) is 0 Å². The maximum absolute atomic E-state index is 11.8. The molecule has 0 unspecified atom stereocenters. The molecule has 0 radical (unpaired) electrons. The van der Waals surface area contributed by atoms with Crippen LogP contribution in [-0.2, 0) is 4.79 Å². The molecule has 0 aliphatic carbocycles. The molecular weight excluding hydrogens is 236 g/mol. The van der Waals surface area contributed by atoms with Crippen LogP contribution in [0.15, 0.2) is 18.2 Å². The number of carbonyl (C=O) groups excluding carboxylic acids is 1. The lowest BCUT2D eigenvalue weighted by Crippen LogP contribution is -2.41. The van der Waals surface area contributed by atoms with E-state index < -0.39 is 17.9 Å². The molecule has 1 aromatic carbocycles. The molecule has 6 heteroatoms. The Morgan fingerprint density at radius 3 is 2.61 bits per heavy atom. The molecule has 18 heavy (non-hydrogen) atoms. The van der Waals surface area contributed by atoms with E-state index in [0.29, 0.717) is 11.3 Å². The monoisotopic (exact) mass is 252 g/mol. The number of nitrogens with one attached hydrogen (secondary N) is 1. The molecule has 6 nitrogen and oxygen atoms in total. The largest absolute Gasteiger partial charge is 0.480 e. The zero-order valence-electron chi connectivity index (χ0n) is 10.0. The van der Waals surface area contributed by atoms with Gasteiger partial charge in [0.25, 0.3) is 5.91 Å². The third kappa shape index (κ3) is 3.46. The standard InChI is InChI=1S/C12H16N2O4/c1-7-2-3-8(6-9(7)13)11(16)14-10(4-5-15)12(17)18/h2-3,6,10,15H,4-5,13H2,1H3,(H,14,16)(H,17,18)/t10-/m1/s1. The number of carboxylic acids is 1. The lowest BCUT2D eigenvalue weighted by Gasteiger charge is -2.13. The Hall–Kier alpha value is -2.08. The zero-order chi connectivity index (χ0) is 13.7. The Morgan fingerprint density at radius 1 is 1.44 bits per heavy atom. The van der Waals surface area contributed by atoms with Crippen LogP contribution in [0.25, 0.3) is 0 Å². The summed E-state index contributed by atoms with van der Waals surface area (Å²) in [6.07, 6.45) is -0.0393. The number of aliphatic carboxylic acids is 1. The van der Waals surface area contributed by atoms with E-state index in [-0.39, 0.29) is 13.0 Å². The van der Waals surface area contributed by atoms with Gasteiger partial charge in [-0.15, -0.1) is 0 Å². The molecule has 0 aromatic heterocycles. The topological polar surface area (TPSA) is 113 Å². The van der Waals surface area contributed by atoms with Crippen molar-refractivity contribution in [1.82, 2.24) is 5.32 Å². The van der Waals surface area contributed by atoms with Gasteiger partial charge in [0.1, 0.15) is 6.04 Å². The molecule has 98 valence electrons. The van der Waals surface area contributed by atoms with Crippen LogP contribution < -0.4 is 11.1 Å². The maximum Gasteiger partial charge on any atom is 0.326 e. The maximum atomic E-state index is 11.8. The van der Waals surface area contributed by atoms with Gasteiger partial charge in [-0.1, -0.05) is 6.07 Å². The number of hydrogen-bond acceptors (Lipinski definition) is 4. The number of carbonyl (C=O) groups is 2. The average Bonchev–Trinajstić information content (AvgIpc) is 2.31. The predicted octanol–water partition coefficient (Wildman–Crippen LogP) is 0.143. The summed E-state index contributed by atoms with van der Waals surface area (Å²) < 4.78 is 0. The highest BCUT2D eigenvalue weighted by Gasteiger charge is 2.20. The van der Waals surface area contributed by atoms with Crippen molar-refractivity contribution in [2.75, 3.05) is 12.3 Å². The van der Waals surface area contributed by atoms with Crippen LogP contribution in [0, 0.1) is 6.92 Å². The molecule has 0 aliphatic heterocycles. The second kappa shape index (κ2) is 6.02. The van der Waals surface area contributed by atoms with Gasteiger partial charge in [0, 0.05) is 24.3 Å². The first kappa shape index (κ1) is 14.0. The van der Waals surface area contributed by atoms with Crippen molar-refractivity contribution in [3.8, 4) is 0 Å². The summed E-state index contributed by atoms with van der Waals surface area (Å²) in [6.45, 7) is 1.50. The second-order valence-electron chi connectivity index (χ2n) is 3.95. The second-order valence-corrected chi connectivity index (χ2v) is 3.95. The molecule has 1 atom stereocenters. The molecule has 0 bridgehead atoms. The quantitative estimate of drug-likeness (QED) is 0.557. The summed E-state index contributed by atoms with van der Waals surface area (Å²) in [4.78, 5) is 22.6. The van der Waals surface area contributed by atoms with E-state index in [0.717, 1.165) is 5.56 Å². The number of aliphatic hydroxyl groups is 1. The van der Waals surface area contributed by atoms with Crippen molar-refractivity contribution in [2.45, 2.75) is 19.4 Å². The van der Waals surface area contributed by atoms with Gasteiger partial charge in [-0.2, -0.15) is 0 Å². The number of anilines is 1. The van der Waals surface area contributed by atoms with Gasteiger partial charge in [0.15, 0.2) is 0 Å². The average molecular weight is 252 g/mol. The minimum atomic E-state index is -1.18. The fourth-order valence-corrected chi connectivity index (χ4v) is 1.41. The number of aliphatic hydroxyl groups excluding tert-OH is 1. The predicted molar refractivity (Wildman–Crippen MR) is 66.2 cm³/mol. The van der Waals surface area contributed by atoms with E-state index in [1.807, 2.05) is 6.92 Å². The van der Waals surface area contributed by atoms with Crippen molar-refractivity contribution in [3.63, 3.8) is 0 Å². The van der Waals surface area contributed by atoms with Crippen LogP contribution in [0.1, 0.15) is 22.3 Å². The van der Waals surface area contributed by atoms with Crippen molar-refractivity contribution in [3.05, 3.63) is 29.3 Å². The Morgan fingerprint density at radius 2 is 2.11 bits per heavy atom. The molecule has 1 rings (SSSR count). The summed E-state index contributed by atoms with van der Waals surface area (Å²) in [5.41, 5.74) is 7.28. The Labute approximate surface area is 104 Å². The molecular formula is C12H16N2O4. The number of nitrogen functional groups attached to an aromatic ring is 1. The van der Waals surface area contributed by atoms with Crippen LogP contribution in [-0.4, -0.2) is 34.7 Å². The number of aryl methyl sites for hydroxylation is 1. The van der Waals surface area contributed by atoms with E-state index in [1.165, 1.54) is 6.07 Å². The molecule has 0 aliphatic rings. The first-order valence-electron chi connectivity index (χ1n) is 5.46. The fraction of sp³-hybridized carbons (Fsp3) is 0.333. The van der Waals surface area contributed by atoms with Crippen molar-refractivity contribution < 1.29 is 19.8 Å². The minimum absolute atomic E-state index is 0.0393. The zero-order valence-corrected chi connectivity index (χ0v) is 10.0. The Bertz CT molecular complexity index is 459. The highest BCUT2D eigenvalue weighted by molar-refractivity contribution is 5.97. The first-order chi connectivity index (χ1) is 8.45. The lowest BCUT2D eigenvalue weighted by molar-refractivity contribution is -0.139. The number of benzene rings is 1. The van der Waals surface area contributed by atoms with E-state index >= 15 is 0 Å². The molecule has 0 heterocycles. The van der Waals surface area contributed by atoms with Gasteiger partial charge in [-0.25, -0.2) is 4.79 Å². The van der Waals surface area contributed by atoms with E-state index in [1.54, 1.807) is 12.1 Å². The summed E-state index contributed by atoms with van der Waals surface area (Å²) >= 11 is 0. The van der Waals surface area contributed by atoms with Crippen LogP contribution in [0.2, 0.25) is 0 Å². The Balaban J connectivity index is 2.80. The minimum Gasteiger partial charge on any atom is -0.480 e. The van der Waals surface area contributed by atoms with Gasteiger partial charge >= 0.3 is 5.97 Å². The normalized spacial score (nSPS) is 11.9. The van der Waals surface area contributed by atoms with Crippen molar-refractivity contribution in [2.24, 2.45) is 0 Å². The molecule has 0 fully saturated rings. The third-order valence-corrected chi connectivity index (χ3v) is 2.56. The van der Waals surface area contributed by atoms with Crippen molar-refractivity contribution >= 4 is 17.6 Å². The highest BCUT2D eigenvalue weighted by atomic mass is 16.4. The number of hydrogen-bond donors (Lipinski definition) is 4. The molecule has 0 saturated carbocycles. The van der Waals surface area contributed by atoms with Gasteiger partial charge in [-0.3, -0.25) is 4.79 Å². The Kier molecular flexibility index (Phi) is 4.67. The molecule has 5 N–H and O–H groups in total. The van der Waals surface area contributed by atoms with E-state index in [2.05, 4.69) is 5.32 Å². The lowest BCUT2D eigenvalue weighted by atomic mass is 10.1. The fourth-order valence-electron chi connectivity index (χ4n) is 1.41. The SMILES string of the molecule is Cc1ccc(C(=O)N[C@H](CCO)C(=O)O)cc1N. The number of nitrogens with two attached hydrogens (primary N) is 1. The number of amides is 1. The summed E-state index contributed by atoms with van der Waals surface area (Å²) in [6, 6.07) is 3.64. The number of carboxylic acid groups (broad SMARTS) is 1. The van der Waals surface area contributed by atoms with Crippen LogP contribution in [0.4, 0.5) is 5.69 Å². The van der Waals surface area contributed by atoms with Crippen LogP contribution >= 0.6 is 0 Å². The van der Waals surface area contributed by atoms with E-state index in [4.69, 9.17) is 15.9 Å². The van der Waals surface area contributed by atoms with E-state index in [9.17, 15) is 9.59 Å².